The standard InChI is InChI=1S/C7H8NO2P/c9-7-2-1-5(4-11)3-6(7)8-10/h1-3,9H,4,11H2. The quantitative estimate of drug-likeness (QED) is 0.544. The van der Waals surface area contributed by atoms with Crippen molar-refractivity contribution in [3.8, 4) is 5.75 Å². The Hall–Kier alpha value is -0.950. The zero-order valence-corrected chi connectivity index (χ0v) is 6.97. The molecule has 4 heteroatoms. The van der Waals surface area contributed by atoms with Crippen LogP contribution in [0.5, 0.6) is 5.75 Å². The Kier molecular flexibility index (Phi) is 2.55. The number of hydrogen-bond acceptors (Lipinski definition) is 3. The zero-order chi connectivity index (χ0) is 8.27. The fraction of sp³-hybridized carbons (Fsp3) is 0.143. The summed E-state index contributed by atoms with van der Waals surface area (Å²) in [6.07, 6.45) is 0.753. The van der Waals surface area contributed by atoms with Gasteiger partial charge in [0.05, 0.1) is 0 Å². The molecule has 1 aromatic carbocycles. The molecule has 1 unspecified atom stereocenters. The van der Waals surface area contributed by atoms with E-state index in [4.69, 9.17) is 5.11 Å². The summed E-state index contributed by atoms with van der Waals surface area (Å²) < 4.78 is 0. The van der Waals surface area contributed by atoms with Gasteiger partial charge in [-0.3, -0.25) is 0 Å². The summed E-state index contributed by atoms with van der Waals surface area (Å²) in [6.45, 7) is 0. The van der Waals surface area contributed by atoms with Crippen LogP contribution in [-0.2, 0) is 6.16 Å². The molecule has 3 nitrogen and oxygen atoms in total. The van der Waals surface area contributed by atoms with Gasteiger partial charge in [0, 0.05) is 0 Å². The van der Waals surface area contributed by atoms with Crippen LogP contribution in [0.15, 0.2) is 23.4 Å². The van der Waals surface area contributed by atoms with Crippen molar-refractivity contribution >= 4 is 14.9 Å². The van der Waals surface area contributed by atoms with Crippen LogP contribution >= 0.6 is 9.24 Å². The van der Waals surface area contributed by atoms with Crippen molar-refractivity contribution in [1.82, 2.24) is 0 Å². The van der Waals surface area contributed by atoms with Crippen molar-refractivity contribution in [2.45, 2.75) is 6.16 Å². The topological polar surface area (TPSA) is 49.7 Å². The molecule has 0 aliphatic carbocycles. The van der Waals surface area contributed by atoms with Crippen LogP contribution in [0, 0.1) is 4.91 Å². The second-order valence-corrected chi connectivity index (χ2v) is 2.53. The van der Waals surface area contributed by atoms with Crippen LogP contribution < -0.4 is 0 Å². The van der Waals surface area contributed by atoms with Crippen molar-refractivity contribution in [3.05, 3.63) is 28.7 Å². The molecule has 0 saturated carbocycles. The van der Waals surface area contributed by atoms with Crippen molar-refractivity contribution < 1.29 is 5.11 Å². The van der Waals surface area contributed by atoms with E-state index in [0.29, 0.717) is 0 Å². The Balaban J connectivity index is 3.12. The van der Waals surface area contributed by atoms with Gasteiger partial charge in [-0.1, -0.05) is 6.07 Å². The van der Waals surface area contributed by atoms with Crippen molar-refractivity contribution in [2.24, 2.45) is 5.18 Å². The SMILES string of the molecule is O=Nc1cc(CP)ccc1O. The summed E-state index contributed by atoms with van der Waals surface area (Å²) in [6, 6.07) is 4.78. The van der Waals surface area contributed by atoms with E-state index in [1.807, 2.05) is 0 Å². The highest BCUT2D eigenvalue weighted by Gasteiger charge is 2.00. The van der Waals surface area contributed by atoms with E-state index in [9.17, 15) is 4.91 Å². The van der Waals surface area contributed by atoms with Gasteiger partial charge in [-0.25, -0.2) is 0 Å². The largest absolute Gasteiger partial charge is 0.506 e. The van der Waals surface area contributed by atoms with E-state index in [2.05, 4.69) is 14.4 Å². The second kappa shape index (κ2) is 3.44. The molecule has 0 saturated heterocycles. The Labute approximate surface area is 66.6 Å². The highest BCUT2D eigenvalue weighted by atomic mass is 31.0. The number of benzene rings is 1. The fourth-order valence-electron chi connectivity index (χ4n) is 0.769. The molecule has 1 rings (SSSR count). The van der Waals surface area contributed by atoms with Gasteiger partial charge in [0.2, 0.25) is 0 Å². The van der Waals surface area contributed by atoms with E-state index >= 15 is 0 Å². The predicted molar refractivity (Wildman–Crippen MR) is 47.0 cm³/mol. The molecular weight excluding hydrogens is 161 g/mol. The van der Waals surface area contributed by atoms with Gasteiger partial charge in [0.15, 0.2) is 0 Å². The first-order valence-corrected chi connectivity index (χ1v) is 3.95. The third-order valence-electron chi connectivity index (χ3n) is 1.37. The first-order valence-electron chi connectivity index (χ1n) is 3.13. The van der Waals surface area contributed by atoms with E-state index < -0.39 is 0 Å². The van der Waals surface area contributed by atoms with Gasteiger partial charge in [-0.2, -0.15) is 0 Å². The average Bonchev–Trinajstić information content (AvgIpc) is 2.05. The van der Waals surface area contributed by atoms with Gasteiger partial charge >= 0.3 is 0 Å². The minimum atomic E-state index is -0.0674. The number of phenols is 1. The zero-order valence-electron chi connectivity index (χ0n) is 5.82. The Morgan fingerprint density at radius 2 is 2.27 bits per heavy atom. The number of aromatic hydroxyl groups is 1. The van der Waals surface area contributed by atoms with Crippen LogP contribution in [-0.4, -0.2) is 5.11 Å². The molecule has 0 fully saturated rings. The van der Waals surface area contributed by atoms with Crippen molar-refractivity contribution in [1.29, 1.82) is 0 Å². The number of phenolic OH excluding ortho intramolecular Hbond substituents is 1. The van der Waals surface area contributed by atoms with Crippen molar-refractivity contribution in [2.75, 3.05) is 0 Å². The number of nitroso groups, excluding NO2 is 1. The highest BCUT2D eigenvalue weighted by molar-refractivity contribution is 7.15. The first-order chi connectivity index (χ1) is 5.27. The maximum Gasteiger partial charge on any atom is 0.149 e. The van der Waals surface area contributed by atoms with E-state index in [-0.39, 0.29) is 11.4 Å². The lowest BCUT2D eigenvalue weighted by atomic mass is 10.2. The predicted octanol–water partition coefficient (Wildman–Crippen LogP) is 2.17. The first kappa shape index (κ1) is 8.15. The van der Waals surface area contributed by atoms with Crippen molar-refractivity contribution in [3.63, 3.8) is 0 Å². The molecule has 0 aromatic heterocycles. The maximum absolute atomic E-state index is 10.1. The Morgan fingerprint density at radius 3 is 2.82 bits per heavy atom. The van der Waals surface area contributed by atoms with Crippen LogP contribution in [0.25, 0.3) is 0 Å². The van der Waals surface area contributed by atoms with Crippen LogP contribution in [0.1, 0.15) is 5.56 Å². The number of rotatable bonds is 2. The molecule has 0 amide bonds. The van der Waals surface area contributed by atoms with Crippen LogP contribution in [0.2, 0.25) is 0 Å². The monoisotopic (exact) mass is 169 g/mol. The number of hydrogen-bond donors (Lipinski definition) is 1. The lowest BCUT2D eigenvalue weighted by Gasteiger charge is -1.97. The average molecular weight is 169 g/mol. The van der Waals surface area contributed by atoms with Crippen LogP contribution in [0.4, 0.5) is 5.69 Å². The summed E-state index contributed by atoms with van der Waals surface area (Å²) in [5.41, 5.74) is 1.06. The minimum absolute atomic E-state index is 0.0674. The normalized spacial score (nSPS) is 9.55. The van der Waals surface area contributed by atoms with E-state index in [1.165, 1.54) is 6.07 Å². The fourth-order valence-corrected chi connectivity index (χ4v) is 1.02. The maximum atomic E-state index is 10.1. The van der Waals surface area contributed by atoms with Gasteiger partial charge in [0.25, 0.3) is 0 Å². The summed E-state index contributed by atoms with van der Waals surface area (Å²) in [5, 5.41) is 11.7. The third kappa shape index (κ3) is 1.75. The van der Waals surface area contributed by atoms with Gasteiger partial charge < -0.3 is 5.11 Å². The summed E-state index contributed by atoms with van der Waals surface area (Å²) in [4.78, 5) is 10.1. The highest BCUT2D eigenvalue weighted by Crippen LogP contribution is 2.27. The van der Waals surface area contributed by atoms with E-state index in [1.54, 1.807) is 12.1 Å². The Morgan fingerprint density at radius 1 is 1.55 bits per heavy atom. The molecule has 0 bridgehead atoms. The molecule has 11 heavy (non-hydrogen) atoms. The lowest BCUT2D eigenvalue weighted by molar-refractivity contribution is 0.476. The molecule has 0 radical (unpaired) electrons. The van der Waals surface area contributed by atoms with Gasteiger partial charge in [-0.05, 0) is 29.0 Å². The van der Waals surface area contributed by atoms with Gasteiger partial charge in [-0.15, -0.1) is 14.1 Å². The molecule has 1 aromatic rings. The summed E-state index contributed by atoms with van der Waals surface area (Å²) >= 11 is 0. The molecule has 0 aliphatic rings. The molecule has 0 aliphatic heterocycles. The molecule has 0 spiro atoms. The molecule has 58 valence electrons. The summed E-state index contributed by atoms with van der Waals surface area (Å²) in [5.74, 6) is -0.0674. The van der Waals surface area contributed by atoms with Crippen LogP contribution in [0.3, 0.4) is 0 Å². The van der Waals surface area contributed by atoms with E-state index in [0.717, 1.165) is 11.7 Å². The molecule has 1 atom stereocenters. The minimum Gasteiger partial charge on any atom is -0.506 e. The second-order valence-electron chi connectivity index (χ2n) is 2.12. The smallest absolute Gasteiger partial charge is 0.149 e. The third-order valence-corrected chi connectivity index (χ3v) is 1.85. The molecule has 0 heterocycles. The lowest BCUT2D eigenvalue weighted by Crippen LogP contribution is -1.75. The molecular formula is C7H8NO2P. The van der Waals surface area contributed by atoms with Gasteiger partial charge in [0.1, 0.15) is 11.4 Å². The summed E-state index contributed by atoms with van der Waals surface area (Å²) in [7, 11) is 2.53. The Bertz CT molecular complexity index is 275. The number of nitrogens with zero attached hydrogens (tertiary/aromatic N) is 1. The molecule has 1 N–H and O–H groups in total.